The summed E-state index contributed by atoms with van der Waals surface area (Å²) in [5.74, 6) is 1.91. The van der Waals surface area contributed by atoms with Crippen molar-refractivity contribution in [2.75, 3.05) is 14.2 Å². The van der Waals surface area contributed by atoms with E-state index in [1.165, 1.54) is 11.8 Å². The van der Waals surface area contributed by atoms with Crippen LogP contribution in [0.25, 0.3) is 6.08 Å². The Balaban J connectivity index is 1.40. The zero-order valence-electron chi connectivity index (χ0n) is 21.7. The summed E-state index contributed by atoms with van der Waals surface area (Å²) in [4.78, 5) is 20.7. The summed E-state index contributed by atoms with van der Waals surface area (Å²) < 4.78 is 16.9. The first-order chi connectivity index (χ1) is 19.1. The van der Waals surface area contributed by atoms with Gasteiger partial charge in [-0.05, 0) is 70.9 Å². The fourth-order valence-electron chi connectivity index (χ4n) is 4.04. The Bertz CT molecular complexity index is 1490. The van der Waals surface area contributed by atoms with Gasteiger partial charge in [0.25, 0.3) is 5.91 Å². The van der Waals surface area contributed by atoms with Crippen LogP contribution in [0.15, 0.2) is 113 Å². The van der Waals surface area contributed by atoms with E-state index in [-0.39, 0.29) is 5.91 Å². The van der Waals surface area contributed by atoms with Crippen LogP contribution >= 0.6 is 11.8 Å². The lowest BCUT2D eigenvalue weighted by atomic mass is 10.1. The van der Waals surface area contributed by atoms with Gasteiger partial charge in [0.05, 0.1) is 31.4 Å². The molecule has 0 N–H and O–H groups in total. The molecule has 0 aromatic heterocycles. The Kier molecular flexibility index (Phi) is 8.29. The zero-order valence-corrected chi connectivity index (χ0v) is 22.6. The topological polar surface area (TPSA) is 60.4 Å². The number of para-hydroxylation sites is 1. The maximum absolute atomic E-state index is 13.6. The molecule has 1 heterocycles. The molecule has 1 aliphatic heterocycles. The predicted octanol–water partition coefficient (Wildman–Crippen LogP) is 7.09. The molecule has 0 radical (unpaired) electrons. The molecule has 196 valence electrons. The van der Waals surface area contributed by atoms with Crippen LogP contribution in [0, 0.1) is 0 Å². The van der Waals surface area contributed by atoms with Gasteiger partial charge in [-0.3, -0.25) is 9.69 Å². The standard InChI is InChI=1S/C32H28N2O4S/c1-36-27-16-13-23(14-17-27)21-34-31(35)30(39-32(34)33-26-11-7-4-8-12-26)20-25-15-18-28(29(19-25)37-2)38-22-24-9-5-3-6-10-24/h3-20H,21-22H2,1-2H3/b30-20-,33-32?. The smallest absolute Gasteiger partial charge is 0.267 e. The number of hydrogen-bond acceptors (Lipinski definition) is 6. The number of rotatable bonds is 9. The first-order valence-electron chi connectivity index (χ1n) is 12.5. The average molecular weight is 537 g/mol. The summed E-state index contributed by atoms with van der Waals surface area (Å²) in [7, 11) is 3.24. The van der Waals surface area contributed by atoms with E-state index in [1.807, 2.05) is 109 Å². The van der Waals surface area contributed by atoms with Crippen LogP contribution in [0.5, 0.6) is 17.2 Å². The number of ether oxygens (including phenoxy) is 3. The van der Waals surface area contributed by atoms with Crippen molar-refractivity contribution in [3.05, 3.63) is 125 Å². The van der Waals surface area contributed by atoms with Gasteiger partial charge in [-0.1, -0.05) is 66.7 Å². The third-order valence-electron chi connectivity index (χ3n) is 6.09. The second-order valence-electron chi connectivity index (χ2n) is 8.76. The maximum Gasteiger partial charge on any atom is 0.267 e. The number of benzene rings is 4. The summed E-state index contributed by atoms with van der Waals surface area (Å²) in [5.41, 5.74) is 3.67. The number of aliphatic imine (C=N–C) groups is 1. The second kappa shape index (κ2) is 12.4. The third-order valence-corrected chi connectivity index (χ3v) is 7.10. The van der Waals surface area contributed by atoms with Crippen molar-refractivity contribution >= 4 is 34.6 Å². The number of amides is 1. The Labute approximate surface area is 232 Å². The monoisotopic (exact) mass is 536 g/mol. The van der Waals surface area contributed by atoms with Gasteiger partial charge in [0.2, 0.25) is 0 Å². The Morgan fingerprint density at radius 3 is 2.21 bits per heavy atom. The Morgan fingerprint density at radius 2 is 1.51 bits per heavy atom. The van der Waals surface area contributed by atoms with E-state index in [1.54, 1.807) is 19.1 Å². The number of carbonyl (C=O) groups is 1. The zero-order chi connectivity index (χ0) is 27.0. The molecular weight excluding hydrogens is 508 g/mol. The van der Waals surface area contributed by atoms with E-state index in [9.17, 15) is 4.79 Å². The van der Waals surface area contributed by atoms with Gasteiger partial charge >= 0.3 is 0 Å². The molecule has 7 heteroatoms. The average Bonchev–Trinajstić information content (AvgIpc) is 3.26. The van der Waals surface area contributed by atoms with Crippen molar-refractivity contribution in [1.29, 1.82) is 0 Å². The molecule has 39 heavy (non-hydrogen) atoms. The van der Waals surface area contributed by atoms with Crippen LogP contribution in [-0.4, -0.2) is 30.2 Å². The van der Waals surface area contributed by atoms with Crippen molar-refractivity contribution in [2.24, 2.45) is 4.99 Å². The van der Waals surface area contributed by atoms with Crippen LogP contribution < -0.4 is 14.2 Å². The van der Waals surface area contributed by atoms with E-state index in [0.29, 0.717) is 34.7 Å². The highest BCUT2D eigenvalue weighted by molar-refractivity contribution is 8.18. The van der Waals surface area contributed by atoms with Crippen LogP contribution in [-0.2, 0) is 17.9 Å². The summed E-state index contributed by atoms with van der Waals surface area (Å²) in [6, 6.07) is 33.0. The van der Waals surface area contributed by atoms with Gasteiger partial charge in [0, 0.05) is 0 Å². The van der Waals surface area contributed by atoms with E-state index >= 15 is 0 Å². The van der Waals surface area contributed by atoms with E-state index in [0.717, 1.165) is 28.1 Å². The predicted molar refractivity (Wildman–Crippen MR) is 156 cm³/mol. The Hall–Kier alpha value is -4.49. The SMILES string of the molecule is COc1ccc(CN2C(=O)/C(=C/c3ccc(OCc4ccccc4)c(OC)c3)SC2=Nc2ccccc2)cc1. The second-order valence-corrected chi connectivity index (χ2v) is 9.77. The summed E-state index contributed by atoms with van der Waals surface area (Å²) in [5, 5.41) is 0.628. The quantitative estimate of drug-likeness (QED) is 0.214. The number of carbonyl (C=O) groups excluding carboxylic acids is 1. The highest BCUT2D eigenvalue weighted by Gasteiger charge is 2.33. The fourth-order valence-corrected chi connectivity index (χ4v) is 5.04. The molecule has 4 aromatic rings. The first-order valence-corrected chi connectivity index (χ1v) is 13.3. The van der Waals surface area contributed by atoms with Crippen LogP contribution in [0.3, 0.4) is 0 Å². The van der Waals surface area contributed by atoms with E-state index in [2.05, 4.69) is 0 Å². The molecule has 0 saturated carbocycles. The van der Waals surface area contributed by atoms with Crippen LogP contribution in [0.1, 0.15) is 16.7 Å². The lowest BCUT2D eigenvalue weighted by Gasteiger charge is -2.16. The number of amidine groups is 1. The largest absolute Gasteiger partial charge is 0.497 e. The van der Waals surface area contributed by atoms with Gasteiger partial charge in [0.1, 0.15) is 12.4 Å². The fraction of sp³-hybridized carbons (Fsp3) is 0.125. The van der Waals surface area contributed by atoms with Gasteiger partial charge in [0.15, 0.2) is 16.7 Å². The Morgan fingerprint density at radius 1 is 0.795 bits per heavy atom. The van der Waals surface area contributed by atoms with Crippen molar-refractivity contribution in [3.8, 4) is 17.2 Å². The van der Waals surface area contributed by atoms with E-state index in [4.69, 9.17) is 19.2 Å². The van der Waals surface area contributed by atoms with Gasteiger partial charge in [-0.25, -0.2) is 4.99 Å². The lowest BCUT2D eigenvalue weighted by molar-refractivity contribution is -0.122. The van der Waals surface area contributed by atoms with Gasteiger partial charge in [-0.15, -0.1) is 0 Å². The van der Waals surface area contributed by atoms with Crippen LogP contribution in [0.2, 0.25) is 0 Å². The minimum Gasteiger partial charge on any atom is -0.497 e. The highest BCUT2D eigenvalue weighted by atomic mass is 32.2. The molecular formula is C32H28N2O4S. The molecule has 1 saturated heterocycles. The normalized spacial score (nSPS) is 15.1. The number of thioether (sulfide) groups is 1. The van der Waals surface area contributed by atoms with Crippen molar-refractivity contribution in [3.63, 3.8) is 0 Å². The van der Waals surface area contributed by atoms with Gasteiger partial charge < -0.3 is 14.2 Å². The number of hydrogen-bond donors (Lipinski definition) is 0. The van der Waals surface area contributed by atoms with Crippen molar-refractivity contribution in [2.45, 2.75) is 13.2 Å². The molecule has 5 rings (SSSR count). The van der Waals surface area contributed by atoms with E-state index < -0.39 is 0 Å². The molecule has 0 unspecified atom stereocenters. The van der Waals surface area contributed by atoms with Crippen LogP contribution in [0.4, 0.5) is 5.69 Å². The van der Waals surface area contributed by atoms with Gasteiger partial charge in [-0.2, -0.15) is 0 Å². The molecule has 4 aromatic carbocycles. The minimum atomic E-state index is -0.103. The first kappa shape index (κ1) is 26.1. The molecule has 0 atom stereocenters. The highest BCUT2D eigenvalue weighted by Crippen LogP contribution is 2.37. The number of nitrogens with zero attached hydrogens (tertiary/aromatic N) is 2. The molecule has 0 aliphatic carbocycles. The number of methoxy groups -OCH3 is 2. The minimum absolute atomic E-state index is 0.103. The van der Waals surface area contributed by atoms with Crippen molar-refractivity contribution in [1.82, 2.24) is 4.90 Å². The summed E-state index contributed by atoms with van der Waals surface area (Å²) >= 11 is 1.36. The lowest BCUT2D eigenvalue weighted by Crippen LogP contribution is -2.28. The van der Waals surface area contributed by atoms with Crippen molar-refractivity contribution < 1.29 is 19.0 Å². The third kappa shape index (κ3) is 6.51. The summed E-state index contributed by atoms with van der Waals surface area (Å²) in [6.45, 7) is 0.833. The molecule has 0 spiro atoms. The summed E-state index contributed by atoms with van der Waals surface area (Å²) in [6.07, 6.45) is 1.87. The molecule has 1 fully saturated rings. The molecule has 1 amide bonds. The molecule has 0 bridgehead atoms. The molecule has 1 aliphatic rings. The molecule has 6 nitrogen and oxygen atoms in total. The maximum atomic E-state index is 13.6.